The van der Waals surface area contributed by atoms with Crippen LogP contribution in [-0.4, -0.2) is 62.3 Å². The molecular formula is C24H46N4O6. The Morgan fingerprint density at radius 1 is 0.824 bits per heavy atom. The number of alkyl carbamates (subject to hydrolysis) is 1. The first-order chi connectivity index (χ1) is 16.1. The lowest BCUT2D eigenvalue weighted by Gasteiger charge is -2.19. The quantitative estimate of drug-likeness (QED) is 0.172. The number of hydrogen-bond acceptors (Lipinski definition) is 7. The van der Waals surface area contributed by atoms with Gasteiger partial charge in [-0.05, 0) is 72.3 Å². The van der Waals surface area contributed by atoms with Crippen molar-refractivity contribution in [3.8, 4) is 0 Å². The number of ether oxygens (including phenoxy) is 2. The summed E-state index contributed by atoms with van der Waals surface area (Å²) in [5.41, 5.74) is 5.02. The third-order valence-electron chi connectivity index (χ3n) is 4.93. The van der Waals surface area contributed by atoms with Crippen LogP contribution in [0.15, 0.2) is 0 Å². The van der Waals surface area contributed by atoms with Crippen molar-refractivity contribution in [1.82, 2.24) is 16.0 Å². The van der Waals surface area contributed by atoms with Crippen LogP contribution in [0.3, 0.4) is 0 Å². The van der Waals surface area contributed by atoms with E-state index in [4.69, 9.17) is 10.5 Å². The van der Waals surface area contributed by atoms with Crippen LogP contribution in [-0.2, 0) is 23.9 Å². The first-order valence-electron chi connectivity index (χ1n) is 12.4. The number of rotatable bonds is 18. The maximum absolute atomic E-state index is 12.6. The van der Waals surface area contributed by atoms with Gasteiger partial charge in [0.25, 0.3) is 0 Å². The summed E-state index contributed by atoms with van der Waals surface area (Å²) in [5, 5.41) is 8.41. The molecule has 10 nitrogen and oxygen atoms in total. The van der Waals surface area contributed by atoms with E-state index in [1.165, 1.54) is 7.11 Å². The summed E-state index contributed by atoms with van der Waals surface area (Å²) < 4.78 is 9.77. The molecular weight excluding hydrogens is 440 g/mol. The lowest BCUT2D eigenvalue weighted by atomic mass is 10.1. The molecule has 1 atom stereocenters. The maximum atomic E-state index is 12.6. The molecule has 3 amide bonds. The summed E-state index contributed by atoms with van der Waals surface area (Å²) in [5.74, 6) is -0.586. The minimum Gasteiger partial charge on any atom is -0.469 e. The van der Waals surface area contributed by atoms with Gasteiger partial charge >= 0.3 is 12.1 Å². The zero-order valence-electron chi connectivity index (χ0n) is 21.5. The highest BCUT2D eigenvalue weighted by Crippen LogP contribution is 2.07. The maximum Gasteiger partial charge on any atom is 0.407 e. The summed E-state index contributed by atoms with van der Waals surface area (Å²) in [6, 6.07) is -0.581. The standard InChI is InChI=1S/C24H46N4O6/c1-24(2,3)34-23(32)27-18-12-5-7-14-20(29)28-19(13-9-10-16-25)22(31)26-17-11-6-8-15-21(30)33-4/h19H,5-18,25H2,1-4H3,(H,26,31)(H,27,32)(H,28,29)/t19-/m0/s1. The Labute approximate surface area is 204 Å². The molecule has 0 bridgehead atoms. The fourth-order valence-electron chi connectivity index (χ4n) is 3.13. The second-order valence-corrected chi connectivity index (χ2v) is 9.32. The van der Waals surface area contributed by atoms with E-state index >= 15 is 0 Å². The van der Waals surface area contributed by atoms with E-state index in [0.717, 1.165) is 38.5 Å². The van der Waals surface area contributed by atoms with E-state index in [2.05, 4.69) is 20.7 Å². The van der Waals surface area contributed by atoms with Gasteiger partial charge in [-0.25, -0.2) is 4.79 Å². The molecule has 0 aliphatic rings. The highest BCUT2D eigenvalue weighted by atomic mass is 16.6. The fraction of sp³-hybridized carbons (Fsp3) is 0.833. The van der Waals surface area contributed by atoms with Gasteiger partial charge < -0.3 is 31.2 Å². The molecule has 0 heterocycles. The second-order valence-electron chi connectivity index (χ2n) is 9.32. The van der Waals surface area contributed by atoms with Gasteiger partial charge in [0.1, 0.15) is 11.6 Å². The monoisotopic (exact) mass is 486 g/mol. The molecule has 0 aromatic rings. The highest BCUT2D eigenvalue weighted by molar-refractivity contribution is 5.87. The number of nitrogens with two attached hydrogens (primary N) is 1. The summed E-state index contributed by atoms with van der Waals surface area (Å²) in [6.07, 6.45) is 6.79. The molecule has 0 saturated heterocycles. The molecule has 198 valence electrons. The van der Waals surface area contributed by atoms with Crippen molar-refractivity contribution in [2.75, 3.05) is 26.7 Å². The van der Waals surface area contributed by atoms with Crippen LogP contribution in [0.2, 0.25) is 0 Å². The third kappa shape index (κ3) is 19.1. The molecule has 10 heteroatoms. The Bertz CT molecular complexity index is 607. The number of carbonyl (C=O) groups excluding carboxylic acids is 4. The van der Waals surface area contributed by atoms with Crippen molar-refractivity contribution in [2.24, 2.45) is 5.73 Å². The van der Waals surface area contributed by atoms with Gasteiger partial charge in [0.2, 0.25) is 11.8 Å². The van der Waals surface area contributed by atoms with Gasteiger partial charge in [-0.3, -0.25) is 14.4 Å². The number of methoxy groups -OCH3 is 1. The number of esters is 1. The van der Waals surface area contributed by atoms with Gasteiger partial charge in [0, 0.05) is 25.9 Å². The predicted molar refractivity (Wildman–Crippen MR) is 131 cm³/mol. The van der Waals surface area contributed by atoms with Crippen molar-refractivity contribution >= 4 is 23.9 Å². The predicted octanol–water partition coefficient (Wildman–Crippen LogP) is 2.53. The Kier molecular flexibility index (Phi) is 17.7. The number of amides is 3. The molecule has 5 N–H and O–H groups in total. The van der Waals surface area contributed by atoms with Crippen molar-refractivity contribution in [1.29, 1.82) is 0 Å². The molecule has 0 aliphatic heterocycles. The van der Waals surface area contributed by atoms with E-state index in [9.17, 15) is 19.2 Å². The largest absolute Gasteiger partial charge is 0.469 e. The Hall–Kier alpha value is -2.36. The first kappa shape index (κ1) is 31.6. The summed E-state index contributed by atoms with van der Waals surface area (Å²) in [7, 11) is 1.37. The zero-order valence-corrected chi connectivity index (χ0v) is 21.5. The Balaban J connectivity index is 4.18. The summed E-state index contributed by atoms with van der Waals surface area (Å²) >= 11 is 0. The van der Waals surface area contributed by atoms with Crippen LogP contribution in [0.1, 0.15) is 91.4 Å². The molecule has 0 aliphatic carbocycles. The van der Waals surface area contributed by atoms with Crippen LogP contribution in [0, 0.1) is 0 Å². The minimum absolute atomic E-state index is 0.161. The lowest BCUT2D eigenvalue weighted by molar-refractivity contribution is -0.140. The smallest absolute Gasteiger partial charge is 0.407 e. The van der Waals surface area contributed by atoms with E-state index in [1.54, 1.807) is 0 Å². The van der Waals surface area contributed by atoms with Crippen LogP contribution in [0.5, 0.6) is 0 Å². The molecule has 0 saturated carbocycles. The Morgan fingerprint density at radius 2 is 1.44 bits per heavy atom. The Morgan fingerprint density at radius 3 is 2.03 bits per heavy atom. The third-order valence-corrected chi connectivity index (χ3v) is 4.93. The SMILES string of the molecule is COC(=O)CCCCCNC(=O)[C@H](CCCCN)NC(=O)CCCCCNC(=O)OC(C)(C)C. The van der Waals surface area contributed by atoms with Gasteiger partial charge in [0.15, 0.2) is 0 Å². The molecule has 0 fully saturated rings. The van der Waals surface area contributed by atoms with Crippen LogP contribution < -0.4 is 21.7 Å². The normalized spacial score (nSPS) is 11.9. The summed E-state index contributed by atoms with van der Waals surface area (Å²) in [6.45, 7) is 6.95. The van der Waals surface area contributed by atoms with Crippen molar-refractivity contribution in [3.63, 3.8) is 0 Å². The molecule has 0 rings (SSSR count). The number of unbranched alkanes of at least 4 members (excludes halogenated alkanes) is 5. The van der Waals surface area contributed by atoms with E-state index in [-0.39, 0.29) is 17.8 Å². The van der Waals surface area contributed by atoms with Crippen molar-refractivity contribution in [3.05, 3.63) is 0 Å². The minimum atomic E-state index is -0.581. The zero-order chi connectivity index (χ0) is 25.8. The molecule has 0 radical (unpaired) electrons. The number of nitrogens with one attached hydrogen (secondary N) is 3. The molecule has 0 unspecified atom stereocenters. The number of carbonyl (C=O) groups is 4. The number of hydrogen-bond donors (Lipinski definition) is 4. The first-order valence-corrected chi connectivity index (χ1v) is 12.4. The topological polar surface area (TPSA) is 149 Å². The average Bonchev–Trinajstić information content (AvgIpc) is 2.76. The van der Waals surface area contributed by atoms with Crippen LogP contribution in [0.25, 0.3) is 0 Å². The second kappa shape index (κ2) is 19.0. The average molecular weight is 487 g/mol. The molecule has 0 spiro atoms. The van der Waals surface area contributed by atoms with E-state index in [1.807, 2.05) is 20.8 Å². The van der Waals surface area contributed by atoms with Crippen molar-refractivity contribution in [2.45, 2.75) is 103 Å². The summed E-state index contributed by atoms with van der Waals surface area (Å²) in [4.78, 5) is 47.6. The van der Waals surface area contributed by atoms with Gasteiger partial charge in [-0.2, -0.15) is 0 Å². The van der Waals surface area contributed by atoms with E-state index < -0.39 is 17.7 Å². The van der Waals surface area contributed by atoms with Gasteiger partial charge in [-0.15, -0.1) is 0 Å². The molecule has 34 heavy (non-hydrogen) atoms. The molecule has 0 aromatic heterocycles. The van der Waals surface area contributed by atoms with Crippen LogP contribution in [0.4, 0.5) is 4.79 Å². The highest BCUT2D eigenvalue weighted by Gasteiger charge is 2.20. The van der Waals surface area contributed by atoms with Crippen LogP contribution >= 0.6 is 0 Å². The van der Waals surface area contributed by atoms with Gasteiger partial charge in [-0.1, -0.05) is 12.8 Å². The van der Waals surface area contributed by atoms with E-state index in [0.29, 0.717) is 51.7 Å². The fourth-order valence-corrected chi connectivity index (χ4v) is 3.13. The van der Waals surface area contributed by atoms with Gasteiger partial charge in [0.05, 0.1) is 7.11 Å². The molecule has 0 aromatic carbocycles. The lowest BCUT2D eigenvalue weighted by Crippen LogP contribution is -2.47. The van der Waals surface area contributed by atoms with Crippen molar-refractivity contribution < 1.29 is 28.7 Å².